The summed E-state index contributed by atoms with van der Waals surface area (Å²) in [5, 5.41) is 7.58. The Bertz CT molecular complexity index is 1200. The van der Waals surface area contributed by atoms with Crippen LogP contribution < -0.4 is 5.32 Å². The van der Waals surface area contributed by atoms with E-state index in [4.69, 9.17) is 9.97 Å². The summed E-state index contributed by atoms with van der Waals surface area (Å²) < 4.78 is 2.01. The molecule has 5 rings (SSSR count). The maximum absolute atomic E-state index is 4.83. The lowest BCUT2D eigenvalue weighted by Crippen LogP contribution is -2.05. The number of thiophene rings is 1. The van der Waals surface area contributed by atoms with Crippen molar-refractivity contribution in [1.82, 2.24) is 19.5 Å². The van der Waals surface area contributed by atoms with E-state index in [1.54, 1.807) is 11.3 Å². The SMILES string of the molecule is c1ccc(CNc2nc(-c3ccccc3)nc3c2ncn3-c2ccsc2)cc1. The highest BCUT2D eigenvalue weighted by Gasteiger charge is 2.15. The number of hydrogen-bond acceptors (Lipinski definition) is 5. The molecule has 1 N–H and O–H groups in total. The maximum Gasteiger partial charge on any atom is 0.170 e. The van der Waals surface area contributed by atoms with Gasteiger partial charge in [-0.05, 0) is 17.0 Å². The molecule has 5 aromatic rings. The molecule has 0 aliphatic carbocycles. The first-order valence-corrected chi connectivity index (χ1v) is 9.94. The minimum absolute atomic E-state index is 0.673. The molecule has 5 nitrogen and oxygen atoms in total. The number of nitrogens with one attached hydrogen (secondary N) is 1. The quantitative estimate of drug-likeness (QED) is 0.456. The predicted molar refractivity (Wildman–Crippen MR) is 114 cm³/mol. The van der Waals surface area contributed by atoms with Gasteiger partial charge in [-0.15, -0.1) is 0 Å². The zero-order chi connectivity index (χ0) is 18.8. The molecule has 0 unspecified atom stereocenters. The van der Waals surface area contributed by atoms with Gasteiger partial charge in [0.2, 0.25) is 0 Å². The number of rotatable bonds is 5. The number of benzene rings is 2. The Morgan fingerprint density at radius 2 is 1.68 bits per heavy atom. The van der Waals surface area contributed by atoms with Crippen molar-refractivity contribution in [3.05, 3.63) is 89.4 Å². The standard InChI is InChI=1S/C22H17N5S/c1-3-7-16(8-4-1)13-23-21-19-22(27(15-24-19)18-11-12-28-14-18)26-20(25-21)17-9-5-2-6-10-17/h1-12,14-15H,13H2,(H,23,25,26). The number of imidazole rings is 1. The van der Waals surface area contributed by atoms with Gasteiger partial charge in [0.05, 0.1) is 5.69 Å². The Morgan fingerprint density at radius 1 is 0.893 bits per heavy atom. The minimum atomic E-state index is 0.673. The van der Waals surface area contributed by atoms with Crippen LogP contribution in [0.5, 0.6) is 0 Å². The molecule has 0 saturated carbocycles. The molecule has 3 aromatic heterocycles. The van der Waals surface area contributed by atoms with Gasteiger partial charge in [0.15, 0.2) is 22.8 Å². The number of aromatic nitrogens is 4. The molecule has 0 aliphatic heterocycles. The third kappa shape index (κ3) is 3.14. The van der Waals surface area contributed by atoms with Crippen molar-refractivity contribution in [3.63, 3.8) is 0 Å². The Kier molecular flexibility index (Phi) is 4.31. The van der Waals surface area contributed by atoms with Crippen LogP contribution in [-0.4, -0.2) is 19.5 Å². The highest BCUT2D eigenvalue weighted by Crippen LogP contribution is 2.27. The van der Waals surface area contributed by atoms with E-state index in [1.807, 2.05) is 59.4 Å². The Labute approximate surface area is 166 Å². The molecule has 6 heteroatoms. The molecular weight excluding hydrogens is 366 g/mol. The monoisotopic (exact) mass is 383 g/mol. The second-order valence-corrected chi connectivity index (χ2v) is 7.15. The minimum Gasteiger partial charge on any atom is -0.364 e. The molecule has 136 valence electrons. The summed E-state index contributed by atoms with van der Waals surface area (Å²) in [5.41, 5.74) is 4.78. The summed E-state index contributed by atoms with van der Waals surface area (Å²) in [7, 11) is 0. The van der Waals surface area contributed by atoms with Gasteiger partial charge in [-0.3, -0.25) is 4.57 Å². The zero-order valence-corrected chi connectivity index (χ0v) is 15.8. The fraction of sp³-hybridized carbons (Fsp3) is 0.0455. The third-order valence-electron chi connectivity index (χ3n) is 4.52. The van der Waals surface area contributed by atoms with Crippen LogP contribution in [0.1, 0.15) is 5.56 Å². The molecule has 28 heavy (non-hydrogen) atoms. The number of fused-ring (bicyclic) bond motifs is 1. The van der Waals surface area contributed by atoms with Crippen LogP contribution in [0.15, 0.2) is 83.8 Å². The molecule has 0 fully saturated rings. The van der Waals surface area contributed by atoms with Gasteiger partial charge in [-0.1, -0.05) is 60.7 Å². The van der Waals surface area contributed by atoms with Crippen molar-refractivity contribution in [1.29, 1.82) is 0 Å². The largest absolute Gasteiger partial charge is 0.364 e. The molecule has 0 aliphatic rings. The molecule has 0 bridgehead atoms. The number of anilines is 1. The maximum atomic E-state index is 4.83. The van der Waals surface area contributed by atoms with Gasteiger partial charge < -0.3 is 5.32 Å². The first kappa shape index (κ1) is 16.6. The van der Waals surface area contributed by atoms with Crippen molar-refractivity contribution < 1.29 is 0 Å². The van der Waals surface area contributed by atoms with Gasteiger partial charge in [0, 0.05) is 17.5 Å². The summed E-state index contributed by atoms with van der Waals surface area (Å²) in [4.78, 5) is 14.2. The van der Waals surface area contributed by atoms with E-state index < -0.39 is 0 Å². The van der Waals surface area contributed by atoms with Crippen LogP contribution >= 0.6 is 11.3 Å². The number of hydrogen-bond donors (Lipinski definition) is 1. The average molecular weight is 383 g/mol. The molecule has 2 aromatic carbocycles. The van der Waals surface area contributed by atoms with E-state index in [1.165, 1.54) is 5.56 Å². The van der Waals surface area contributed by atoms with E-state index in [0.717, 1.165) is 28.2 Å². The lowest BCUT2D eigenvalue weighted by Gasteiger charge is -2.09. The van der Waals surface area contributed by atoms with Gasteiger partial charge in [0.1, 0.15) is 6.33 Å². The number of nitrogens with zero attached hydrogens (tertiary/aromatic N) is 4. The van der Waals surface area contributed by atoms with Crippen LogP contribution in [0.3, 0.4) is 0 Å². The first-order valence-electron chi connectivity index (χ1n) is 8.99. The lowest BCUT2D eigenvalue weighted by atomic mass is 10.2. The molecule has 0 atom stereocenters. The smallest absolute Gasteiger partial charge is 0.170 e. The van der Waals surface area contributed by atoms with Crippen LogP contribution in [0, 0.1) is 0 Å². The van der Waals surface area contributed by atoms with E-state index in [9.17, 15) is 0 Å². The highest BCUT2D eigenvalue weighted by molar-refractivity contribution is 7.08. The van der Waals surface area contributed by atoms with E-state index >= 15 is 0 Å². The summed E-state index contributed by atoms with van der Waals surface area (Å²) in [6, 6.07) is 22.4. The van der Waals surface area contributed by atoms with Gasteiger partial charge >= 0.3 is 0 Å². The Hall–Kier alpha value is -3.51. The Morgan fingerprint density at radius 3 is 2.43 bits per heavy atom. The normalized spacial score (nSPS) is 11.0. The van der Waals surface area contributed by atoms with Crippen molar-refractivity contribution >= 4 is 28.3 Å². The van der Waals surface area contributed by atoms with E-state index in [0.29, 0.717) is 12.4 Å². The third-order valence-corrected chi connectivity index (χ3v) is 5.19. The van der Waals surface area contributed by atoms with E-state index in [-0.39, 0.29) is 0 Å². The molecule has 0 radical (unpaired) electrons. The summed E-state index contributed by atoms with van der Waals surface area (Å²) in [6.07, 6.45) is 1.81. The van der Waals surface area contributed by atoms with Crippen molar-refractivity contribution in [3.8, 4) is 17.1 Å². The topological polar surface area (TPSA) is 55.6 Å². The fourth-order valence-corrected chi connectivity index (χ4v) is 3.73. The molecular formula is C22H17N5S. The van der Waals surface area contributed by atoms with Crippen molar-refractivity contribution in [2.24, 2.45) is 0 Å². The second kappa shape index (κ2) is 7.25. The van der Waals surface area contributed by atoms with Crippen LogP contribution in [-0.2, 0) is 6.54 Å². The van der Waals surface area contributed by atoms with Gasteiger partial charge in [-0.2, -0.15) is 11.3 Å². The molecule has 0 amide bonds. The van der Waals surface area contributed by atoms with Gasteiger partial charge in [0.25, 0.3) is 0 Å². The lowest BCUT2D eigenvalue weighted by molar-refractivity contribution is 1.06. The van der Waals surface area contributed by atoms with Crippen LogP contribution in [0.2, 0.25) is 0 Å². The summed E-state index contributed by atoms with van der Waals surface area (Å²) in [6.45, 7) is 0.673. The van der Waals surface area contributed by atoms with Gasteiger partial charge in [-0.25, -0.2) is 15.0 Å². The molecule has 0 spiro atoms. The van der Waals surface area contributed by atoms with Crippen molar-refractivity contribution in [2.45, 2.75) is 6.54 Å². The van der Waals surface area contributed by atoms with Crippen LogP contribution in [0.4, 0.5) is 5.82 Å². The second-order valence-electron chi connectivity index (χ2n) is 6.37. The highest BCUT2D eigenvalue weighted by atomic mass is 32.1. The molecule has 3 heterocycles. The average Bonchev–Trinajstić information content (AvgIpc) is 3.43. The molecule has 0 saturated heterocycles. The van der Waals surface area contributed by atoms with E-state index in [2.05, 4.69) is 39.3 Å². The summed E-state index contributed by atoms with van der Waals surface area (Å²) in [5.74, 6) is 1.42. The van der Waals surface area contributed by atoms with Crippen molar-refractivity contribution in [2.75, 3.05) is 5.32 Å². The predicted octanol–water partition coefficient (Wildman–Crippen LogP) is 5.16. The summed E-state index contributed by atoms with van der Waals surface area (Å²) >= 11 is 1.65. The zero-order valence-electron chi connectivity index (χ0n) is 15.0. The fourth-order valence-electron chi connectivity index (χ4n) is 3.10. The first-order chi connectivity index (χ1) is 13.9. The Balaban J connectivity index is 1.63. The van der Waals surface area contributed by atoms with Crippen LogP contribution in [0.25, 0.3) is 28.2 Å².